The van der Waals surface area contributed by atoms with Crippen molar-refractivity contribution in [3.8, 4) is 5.75 Å². The van der Waals surface area contributed by atoms with E-state index in [1.165, 1.54) is 9.21 Å². The molecule has 0 aromatic heterocycles. The molecule has 0 saturated carbocycles. The van der Waals surface area contributed by atoms with Crippen LogP contribution in [0.15, 0.2) is 42.5 Å². The molecule has 1 N–H and O–H groups in total. The van der Waals surface area contributed by atoms with E-state index >= 15 is 0 Å². The Morgan fingerprint density at radius 1 is 1.11 bits per heavy atom. The van der Waals surface area contributed by atoms with Crippen LogP contribution in [0.2, 0.25) is 5.02 Å². The van der Waals surface area contributed by atoms with Crippen LogP contribution in [-0.4, -0.2) is 57.6 Å². The molecule has 37 heavy (non-hydrogen) atoms. The zero-order chi connectivity index (χ0) is 27.8. The summed E-state index contributed by atoms with van der Waals surface area (Å²) in [7, 11) is -2.04. The van der Waals surface area contributed by atoms with Gasteiger partial charge in [0.1, 0.15) is 11.8 Å². The number of rotatable bonds is 13. The third-order valence-corrected chi connectivity index (χ3v) is 7.59. The lowest BCUT2D eigenvalue weighted by Crippen LogP contribution is -2.48. The van der Waals surface area contributed by atoms with E-state index in [1.54, 1.807) is 39.2 Å². The van der Waals surface area contributed by atoms with Gasteiger partial charge < -0.3 is 15.0 Å². The maximum atomic E-state index is 13.4. The van der Waals surface area contributed by atoms with Crippen molar-refractivity contribution in [3.05, 3.63) is 58.6 Å². The van der Waals surface area contributed by atoms with Crippen LogP contribution in [0.3, 0.4) is 0 Å². The van der Waals surface area contributed by atoms with E-state index in [0.717, 1.165) is 11.8 Å². The summed E-state index contributed by atoms with van der Waals surface area (Å²) in [4.78, 5) is 27.8. The number of methoxy groups -OCH3 is 1. The van der Waals surface area contributed by atoms with Crippen molar-refractivity contribution in [3.63, 3.8) is 0 Å². The third kappa shape index (κ3) is 8.93. The van der Waals surface area contributed by atoms with Crippen molar-refractivity contribution >= 4 is 39.1 Å². The van der Waals surface area contributed by atoms with E-state index in [2.05, 4.69) is 5.32 Å². The van der Waals surface area contributed by atoms with E-state index in [9.17, 15) is 18.0 Å². The fourth-order valence-electron chi connectivity index (χ4n) is 3.85. The van der Waals surface area contributed by atoms with Crippen molar-refractivity contribution in [1.29, 1.82) is 0 Å². The monoisotopic (exact) mass is 551 g/mol. The predicted molar refractivity (Wildman–Crippen MR) is 148 cm³/mol. The van der Waals surface area contributed by atoms with Gasteiger partial charge in [0, 0.05) is 31.1 Å². The van der Waals surface area contributed by atoms with Crippen molar-refractivity contribution in [1.82, 2.24) is 10.2 Å². The van der Waals surface area contributed by atoms with E-state index in [0.29, 0.717) is 28.6 Å². The van der Waals surface area contributed by atoms with Crippen LogP contribution in [-0.2, 0) is 26.2 Å². The van der Waals surface area contributed by atoms with Crippen molar-refractivity contribution in [2.24, 2.45) is 5.92 Å². The first kappa shape index (κ1) is 30.4. The molecule has 0 fully saturated rings. The molecule has 2 amide bonds. The minimum atomic E-state index is -3.61. The minimum Gasteiger partial charge on any atom is -0.497 e. The number of hydrogen-bond donors (Lipinski definition) is 1. The van der Waals surface area contributed by atoms with Gasteiger partial charge in [0.25, 0.3) is 0 Å². The highest BCUT2D eigenvalue weighted by atomic mass is 35.5. The van der Waals surface area contributed by atoms with E-state index in [-0.39, 0.29) is 43.7 Å². The number of halogens is 1. The first-order valence-electron chi connectivity index (χ1n) is 12.3. The summed E-state index contributed by atoms with van der Waals surface area (Å²) in [6.07, 6.45) is 1.47. The average Bonchev–Trinajstić information content (AvgIpc) is 2.84. The second-order valence-corrected chi connectivity index (χ2v) is 11.8. The highest BCUT2D eigenvalue weighted by Gasteiger charge is 2.27. The van der Waals surface area contributed by atoms with E-state index < -0.39 is 16.1 Å². The molecule has 0 radical (unpaired) electrons. The van der Waals surface area contributed by atoms with E-state index in [4.69, 9.17) is 16.3 Å². The van der Waals surface area contributed by atoms with Crippen LogP contribution >= 0.6 is 11.6 Å². The molecular weight excluding hydrogens is 514 g/mol. The number of carbonyl (C=O) groups excluding carboxylic acids is 2. The van der Waals surface area contributed by atoms with Gasteiger partial charge >= 0.3 is 0 Å². The number of hydrogen-bond acceptors (Lipinski definition) is 5. The molecule has 2 rings (SSSR count). The molecule has 1 atom stereocenters. The van der Waals surface area contributed by atoms with Gasteiger partial charge in [0.2, 0.25) is 21.8 Å². The Labute approximate surface area is 226 Å². The summed E-state index contributed by atoms with van der Waals surface area (Å²) in [6, 6.07) is 11.7. The van der Waals surface area contributed by atoms with Crippen molar-refractivity contribution in [2.45, 2.75) is 53.1 Å². The number of benzene rings is 2. The molecule has 0 saturated heterocycles. The van der Waals surface area contributed by atoms with Crippen molar-refractivity contribution < 1.29 is 22.7 Å². The summed E-state index contributed by atoms with van der Waals surface area (Å²) in [5, 5.41) is 3.36. The quantitative estimate of drug-likeness (QED) is 0.398. The van der Waals surface area contributed by atoms with Gasteiger partial charge in [-0.15, -0.1) is 0 Å². The average molecular weight is 552 g/mol. The first-order valence-corrected chi connectivity index (χ1v) is 14.5. The maximum absolute atomic E-state index is 13.4. The number of ether oxygens (including phenoxy) is 1. The molecule has 2 aromatic rings. The fraction of sp³-hybridized carbons (Fsp3) is 0.481. The highest BCUT2D eigenvalue weighted by molar-refractivity contribution is 7.92. The topological polar surface area (TPSA) is 96.0 Å². The van der Waals surface area contributed by atoms with Gasteiger partial charge in [-0.05, 0) is 61.6 Å². The standard InChI is InChI=1S/C27H38ClN3O5S/c1-19(2)17-29-27(33)21(4)30(18-22-10-7-11-23(16-22)36-5)26(32)14-9-15-31(37(6,34)35)25-13-8-12-24(28)20(25)3/h7-8,10-13,16,19,21H,9,14-15,17-18H2,1-6H3,(H,29,33)/t21-/m0/s1. The number of carbonyl (C=O) groups is 2. The van der Waals surface area contributed by atoms with Gasteiger partial charge in [0.15, 0.2) is 0 Å². The van der Waals surface area contributed by atoms with Crippen molar-refractivity contribution in [2.75, 3.05) is 30.8 Å². The minimum absolute atomic E-state index is 0.0669. The van der Waals surface area contributed by atoms with Crippen LogP contribution in [0.5, 0.6) is 5.75 Å². The molecule has 8 nitrogen and oxygen atoms in total. The Hall–Kier alpha value is -2.78. The first-order chi connectivity index (χ1) is 17.3. The fourth-order valence-corrected chi connectivity index (χ4v) is 5.04. The second-order valence-electron chi connectivity index (χ2n) is 9.51. The predicted octanol–water partition coefficient (Wildman–Crippen LogP) is 4.39. The molecule has 2 aromatic carbocycles. The van der Waals surface area contributed by atoms with E-state index in [1.807, 2.05) is 38.1 Å². The zero-order valence-corrected chi connectivity index (χ0v) is 24.0. The SMILES string of the molecule is COc1cccc(CN(C(=O)CCCN(c2cccc(Cl)c2C)S(C)(=O)=O)[C@@H](C)C(=O)NCC(C)C)c1. The summed E-state index contributed by atoms with van der Waals surface area (Å²) >= 11 is 6.21. The van der Waals surface area contributed by atoms with Crippen LogP contribution in [0.1, 0.15) is 44.7 Å². The highest BCUT2D eigenvalue weighted by Crippen LogP contribution is 2.28. The number of nitrogens with one attached hydrogen (secondary N) is 1. The summed E-state index contributed by atoms with van der Waals surface area (Å²) < 4.78 is 31.7. The Kier molecular flexibility index (Phi) is 11.3. The van der Waals surface area contributed by atoms with Gasteiger partial charge in [-0.2, -0.15) is 0 Å². The summed E-state index contributed by atoms with van der Waals surface area (Å²) in [6.45, 7) is 8.29. The van der Waals surface area contributed by atoms with Crippen LogP contribution in [0.25, 0.3) is 0 Å². The molecule has 0 aliphatic heterocycles. The summed E-state index contributed by atoms with van der Waals surface area (Å²) in [5.41, 5.74) is 1.96. The lowest BCUT2D eigenvalue weighted by atomic mass is 10.1. The second kappa shape index (κ2) is 13.7. The lowest BCUT2D eigenvalue weighted by Gasteiger charge is -2.30. The van der Waals surface area contributed by atoms with Gasteiger partial charge in [-0.1, -0.05) is 43.6 Å². The number of sulfonamides is 1. The molecule has 0 heterocycles. The summed E-state index contributed by atoms with van der Waals surface area (Å²) in [5.74, 6) is 0.446. The Balaban J connectivity index is 2.21. The number of nitrogens with zero attached hydrogens (tertiary/aromatic N) is 2. The molecule has 0 bridgehead atoms. The third-order valence-electron chi connectivity index (χ3n) is 6.00. The van der Waals surface area contributed by atoms with Gasteiger partial charge in [-0.25, -0.2) is 8.42 Å². The number of anilines is 1. The smallest absolute Gasteiger partial charge is 0.242 e. The van der Waals surface area contributed by atoms with Gasteiger partial charge in [-0.3, -0.25) is 13.9 Å². The lowest BCUT2D eigenvalue weighted by molar-refractivity contribution is -0.140. The Bertz CT molecular complexity index is 1190. The van der Waals surface area contributed by atoms with Crippen LogP contribution < -0.4 is 14.4 Å². The molecule has 204 valence electrons. The van der Waals surface area contributed by atoms with Crippen LogP contribution in [0, 0.1) is 12.8 Å². The molecule has 0 aliphatic carbocycles. The zero-order valence-electron chi connectivity index (χ0n) is 22.5. The molecule has 0 aliphatic rings. The Morgan fingerprint density at radius 2 is 1.78 bits per heavy atom. The van der Waals surface area contributed by atoms with Gasteiger partial charge in [0.05, 0.1) is 19.1 Å². The molecular formula is C27H38ClN3O5S. The molecule has 0 unspecified atom stereocenters. The molecule has 10 heteroatoms. The molecule has 0 spiro atoms. The van der Waals surface area contributed by atoms with Crippen LogP contribution in [0.4, 0.5) is 5.69 Å². The normalized spacial score (nSPS) is 12.2. The maximum Gasteiger partial charge on any atom is 0.242 e. The Morgan fingerprint density at radius 3 is 2.41 bits per heavy atom. The number of amides is 2. The largest absolute Gasteiger partial charge is 0.497 e.